The Balaban J connectivity index is 2.60. The van der Waals surface area contributed by atoms with Gasteiger partial charge in [-0.15, -0.1) is 0 Å². The lowest BCUT2D eigenvalue weighted by Crippen LogP contribution is -2.58. The predicted octanol–water partition coefficient (Wildman–Crippen LogP) is -0.114. The third kappa shape index (κ3) is 2.25. The van der Waals surface area contributed by atoms with Crippen LogP contribution in [0, 0.1) is 0 Å². The minimum atomic E-state index is -0.00491. The number of piperazine rings is 1. The van der Waals surface area contributed by atoms with Gasteiger partial charge in [0.15, 0.2) is 0 Å². The summed E-state index contributed by atoms with van der Waals surface area (Å²) in [5.41, 5.74) is 5.49. The van der Waals surface area contributed by atoms with Crippen molar-refractivity contribution in [1.29, 1.82) is 0 Å². The average molecular weight is 199 g/mol. The first-order chi connectivity index (χ1) is 6.57. The quantitative estimate of drug-likeness (QED) is 0.690. The summed E-state index contributed by atoms with van der Waals surface area (Å²) < 4.78 is 0. The van der Waals surface area contributed by atoms with Crippen LogP contribution in [0.3, 0.4) is 0 Å². The standard InChI is InChI=1S/C10H21N3O/c1-8(2)13-7-6-12(5-4-11)9(3)10(13)14/h8-9H,4-7,11H2,1-3H3. The molecule has 1 aliphatic rings. The molecule has 0 saturated carbocycles. The Hall–Kier alpha value is -0.610. The summed E-state index contributed by atoms with van der Waals surface area (Å²) in [5, 5.41) is 0. The fourth-order valence-electron chi connectivity index (χ4n) is 1.92. The average Bonchev–Trinajstić information content (AvgIpc) is 2.13. The van der Waals surface area contributed by atoms with Gasteiger partial charge in [0.25, 0.3) is 0 Å². The van der Waals surface area contributed by atoms with Gasteiger partial charge in [-0.3, -0.25) is 9.69 Å². The third-order valence-corrected chi connectivity index (χ3v) is 2.86. The van der Waals surface area contributed by atoms with Crippen molar-refractivity contribution in [3.8, 4) is 0 Å². The molecular weight excluding hydrogens is 178 g/mol. The van der Waals surface area contributed by atoms with Crippen molar-refractivity contribution in [3.63, 3.8) is 0 Å². The normalized spacial score (nSPS) is 24.8. The molecule has 0 aromatic rings. The number of amides is 1. The molecule has 1 heterocycles. The van der Waals surface area contributed by atoms with Gasteiger partial charge in [0, 0.05) is 32.2 Å². The second-order valence-corrected chi connectivity index (χ2v) is 4.13. The Bertz CT molecular complexity index is 206. The topological polar surface area (TPSA) is 49.6 Å². The van der Waals surface area contributed by atoms with E-state index in [1.165, 1.54) is 0 Å². The molecule has 2 N–H and O–H groups in total. The van der Waals surface area contributed by atoms with Crippen LogP contribution in [-0.4, -0.2) is 54.0 Å². The molecule has 0 aromatic heterocycles. The lowest BCUT2D eigenvalue weighted by atomic mass is 10.1. The summed E-state index contributed by atoms with van der Waals surface area (Å²) in [7, 11) is 0. The van der Waals surface area contributed by atoms with Crippen LogP contribution in [-0.2, 0) is 4.79 Å². The van der Waals surface area contributed by atoms with Crippen LogP contribution in [0.25, 0.3) is 0 Å². The van der Waals surface area contributed by atoms with Crippen LogP contribution in [0.1, 0.15) is 20.8 Å². The first-order valence-electron chi connectivity index (χ1n) is 5.32. The van der Waals surface area contributed by atoms with Crippen molar-refractivity contribution in [2.24, 2.45) is 5.73 Å². The minimum Gasteiger partial charge on any atom is -0.338 e. The van der Waals surface area contributed by atoms with E-state index < -0.39 is 0 Å². The molecule has 4 heteroatoms. The molecule has 0 bridgehead atoms. The highest BCUT2D eigenvalue weighted by Gasteiger charge is 2.31. The van der Waals surface area contributed by atoms with E-state index in [4.69, 9.17) is 5.73 Å². The second kappa shape index (κ2) is 4.75. The highest BCUT2D eigenvalue weighted by atomic mass is 16.2. The fraction of sp³-hybridized carbons (Fsp3) is 0.900. The molecule has 0 aliphatic carbocycles. The van der Waals surface area contributed by atoms with Crippen molar-refractivity contribution >= 4 is 5.91 Å². The molecule has 0 spiro atoms. The van der Waals surface area contributed by atoms with E-state index in [0.717, 1.165) is 19.6 Å². The maximum absolute atomic E-state index is 11.9. The van der Waals surface area contributed by atoms with Gasteiger partial charge >= 0.3 is 0 Å². The number of nitrogens with two attached hydrogens (primary N) is 1. The Labute approximate surface area is 86.0 Å². The molecule has 1 aliphatic heterocycles. The maximum Gasteiger partial charge on any atom is 0.239 e. The number of hydrogen-bond acceptors (Lipinski definition) is 3. The van der Waals surface area contributed by atoms with Crippen molar-refractivity contribution in [2.75, 3.05) is 26.2 Å². The van der Waals surface area contributed by atoms with E-state index in [9.17, 15) is 4.79 Å². The first kappa shape index (κ1) is 11.5. The number of rotatable bonds is 3. The molecule has 4 nitrogen and oxygen atoms in total. The summed E-state index contributed by atoms with van der Waals surface area (Å²) in [4.78, 5) is 16.0. The summed E-state index contributed by atoms with van der Waals surface area (Å²) >= 11 is 0. The summed E-state index contributed by atoms with van der Waals surface area (Å²) in [6, 6.07) is 0.305. The number of carbonyl (C=O) groups is 1. The Morgan fingerprint density at radius 1 is 1.50 bits per heavy atom. The predicted molar refractivity (Wildman–Crippen MR) is 56.9 cm³/mol. The monoisotopic (exact) mass is 199 g/mol. The zero-order valence-corrected chi connectivity index (χ0v) is 9.36. The molecule has 14 heavy (non-hydrogen) atoms. The lowest BCUT2D eigenvalue weighted by Gasteiger charge is -2.40. The van der Waals surface area contributed by atoms with Gasteiger partial charge in [0.1, 0.15) is 0 Å². The van der Waals surface area contributed by atoms with Gasteiger partial charge in [-0.05, 0) is 20.8 Å². The van der Waals surface area contributed by atoms with E-state index in [0.29, 0.717) is 12.6 Å². The van der Waals surface area contributed by atoms with Crippen LogP contribution in [0.2, 0.25) is 0 Å². The molecule has 1 atom stereocenters. The fourth-order valence-corrected chi connectivity index (χ4v) is 1.92. The van der Waals surface area contributed by atoms with Crippen LogP contribution in [0.15, 0.2) is 0 Å². The van der Waals surface area contributed by atoms with Gasteiger partial charge in [-0.1, -0.05) is 0 Å². The van der Waals surface area contributed by atoms with E-state index >= 15 is 0 Å². The van der Waals surface area contributed by atoms with Gasteiger partial charge in [-0.2, -0.15) is 0 Å². The zero-order chi connectivity index (χ0) is 10.7. The lowest BCUT2D eigenvalue weighted by molar-refractivity contribution is -0.142. The largest absolute Gasteiger partial charge is 0.338 e. The number of carbonyl (C=O) groups excluding carboxylic acids is 1. The number of hydrogen-bond donors (Lipinski definition) is 1. The van der Waals surface area contributed by atoms with E-state index in [1.54, 1.807) is 0 Å². The molecular formula is C10H21N3O. The Morgan fingerprint density at radius 2 is 2.14 bits per heavy atom. The van der Waals surface area contributed by atoms with Crippen LogP contribution in [0.4, 0.5) is 0 Å². The van der Waals surface area contributed by atoms with Crippen molar-refractivity contribution in [3.05, 3.63) is 0 Å². The summed E-state index contributed by atoms with van der Waals surface area (Å²) in [6.07, 6.45) is 0. The second-order valence-electron chi connectivity index (χ2n) is 4.13. The highest BCUT2D eigenvalue weighted by molar-refractivity contribution is 5.82. The Morgan fingerprint density at radius 3 is 2.64 bits per heavy atom. The molecule has 0 aromatic carbocycles. The van der Waals surface area contributed by atoms with E-state index in [-0.39, 0.29) is 11.9 Å². The molecule has 1 rings (SSSR count). The van der Waals surface area contributed by atoms with Crippen LogP contribution in [0.5, 0.6) is 0 Å². The van der Waals surface area contributed by atoms with Gasteiger partial charge in [0.05, 0.1) is 6.04 Å². The van der Waals surface area contributed by atoms with Crippen LogP contribution < -0.4 is 5.73 Å². The molecule has 1 saturated heterocycles. The molecule has 0 radical (unpaired) electrons. The van der Waals surface area contributed by atoms with Gasteiger partial charge in [-0.25, -0.2) is 0 Å². The van der Waals surface area contributed by atoms with Crippen molar-refractivity contribution in [2.45, 2.75) is 32.9 Å². The number of nitrogens with zero attached hydrogens (tertiary/aromatic N) is 2. The van der Waals surface area contributed by atoms with Gasteiger partial charge < -0.3 is 10.6 Å². The van der Waals surface area contributed by atoms with Crippen molar-refractivity contribution < 1.29 is 4.79 Å². The smallest absolute Gasteiger partial charge is 0.239 e. The molecule has 1 unspecified atom stereocenters. The molecule has 1 fully saturated rings. The van der Waals surface area contributed by atoms with Gasteiger partial charge in [0.2, 0.25) is 5.91 Å². The van der Waals surface area contributed by atoms with Crippen LogP contribution >= 0.6 is 0 Å². The minimum absolute atomic E-state index is 0.00491. The Kier molecular flexibility index (Phi) is 3.89. The summed E-state index contributed by atoms with van der Waals surface area (Å²) in [6.45, 7) is 9.31. The maximum atomic E-state index is 11.9. The van der Waals surface area contributed by atoms with E-state index in [1.807, 2.05) is 11.8 Å². The van der Waals surface area contributed by atoms with E-state index in [2.05, 4.69) is 18.7 Å². The summed E-state index contributed by atoms with van der Waals surface area (Å²) in [5.74, 6) is 0.236. The third-order valence-electron chi connectivity index (χ3n) is 2.86. The first-order valence-corrected chi connectivity index (χ1v) is 5.32. The highest BCUT2D eigenvalue weighted by Crippen LogP contribution is 2.12. The molecule has 1 amide bonds. The SMILES string of the molecule is CC1C(=O)N(C(C)C)CCN1CCN. The molecule has 82 valence electrons. The zero-order valence-electron chi connectivity index (χ0n) is 9.36. The van der Waals surface area contributed by atoms with Crippen molar-refractivity contribution in [1.82, 2.24) is 9.80 Å².